The minimum Gasteiger partial charge on any atom is -0.465 e. The van der Waals surface area contributed by atoms with E-state index in [0.29, 0.717) is 37.2 Å². The van der Waals surface area contributed by atoms with Crippen LogP contribution in [0.3, 0.4) is 0 Å². The predicted octanol–water partition coefficient (Wildman–Crippen LogP) is 4.83. The summed E-state index contributed by atoms with van der Waals surface area (Å²) in [5.74, 6) is -0.927. The average molecular weight is 544 g/mol. The molecule has 10 heteroatoms. The number of hydrogen-bond donors (Lipinski definition) is 4. The van der Waals surface area contributed by atoms with E-state index in [-0.39, 0.29) is 22.2 Å². The maximum Gasteiger partial charge on any atom is 0.526 e. The highest BCUT2D eigenvalue weighted by Crippen LogP contribution is 2.37. The number of carbonyl (C=O) groups is 4. The third-order valence-electron chi connectivity index (χ3n) is 6.43. The number of methoxy groups -OCH3 is 1. The predicted molar refractivity (Wildman–Crippen MR) is 147 cm³/mol. The van der Waals surface area contributed by atoms with E-state index in [1.165, 1.54) is 34.8 Å². The number of Topliss-reactive ketones (excluding diaryl/α,β-unsaturated/α-hetero) is 2. The minimum atomic E-state index is -1.56. The summed E-state index contributed by atoms with van der Waals surface area (Å²) in [5, 5.41) is 31.3. The van der Waals surface area contributed by atoms with E-state index >= 15 is 0 Å². The molecule has 0 aliphatic rings. The highest BCUT2D eigenvalue weighted by atomic mass is 16.5. The normalized spacial score (nSPS) is 12.1. The van der Waals surface area contributed by atoms with E-state index in [2.05, 4.69) is 5.32 Å². The third kappa shape index (κ3) is 7.95. The lowest BCUT2D eigenvalue weighted by atomic mass is 9.95. The Balaban J connectivity index is 2.49. The number of aliphatic hydroxyl groups is 2. The van der Waals surface area contributed by atoms with Gasteiger partial charge in [0.15, 0.2) is 11.6 Å². The van der Waals surface area contributed by atoms with Crippen molar-refractivity contribution in [3.63, 3.8) is 0 Å². The van der Waals surface area contributed by atoms with Crippen molar-refractivity contribution in [3.8, 4) is 0 Å². The van der Waals surface area contributed by atoms with E-state index in [4.69, 9.17) is 9.84 Å². The van der Waals surface area contributed by atoms with Crippen LogP contribution in [-0.4, -0.2) is 70.5 Å². The summed E-state index contributed by atoms with van der Waals surface area (Å²) in [7, 11) is 1.28. The SMILES string of the molecule is COC(=O)[N+](CCCCCCNC(=O)O)(c1ccc(C(=O)C(C)(C)O)cc1)c1ccc(C(=O)C(C)(C)O)cc1. The Morgan fingerprint density at radius 2 is 1.15 bits per heavy atom. The van der Waals surface area contributed by atoms with Crippen molar-refractivity contribution in [3.05, 3.63) is 59.7 Å². The lowest BCUT2D eigenvalue weighted by Crippen LogP contribution is -2.50. The standard InChI is InChI=1S/C29H38N2O8/c1-28(2,37)24(32)20-10-14-22(15-11-20)31(27(36)39-5,19-9-7-6-8-18-30-26(34)35)23-16-12-21(13-17-23)25(33)29(3,4)38/h10-17,30,37-38H,6-9,18-19H2,1-5H3/p+1. The number of nitrogens with one attached hydrogen (secondary N) is 1. The Hall–Kier alpha value is -3.60. The first kappa shape index (κ1) is 31.6. The molecular weight excluding hydrogens is 504 g/mol. The number of rotatable bonds is 13. The lowest BCUT2D eigenvalue weighted by molar-refractivity contribution is 0.0487. The third-order valence-corrected chi connectivity index (χ3v) is 6.43. The second kappa shape index (κ2) is 13.0. The van der Waals surface area contributed by atoms with E-state index < -0.39 is 35.0 Å². The molecule has 0 atom stereocenters. The van der Waals surface area contributed by atoms with Crippen molar-refractivity contribution in [1.29, 1.82) is 0 Å². The van der Waals surface area contributed by atoms with Gasteiger partial charge in [0, 0.05) is 41.9 Å². The van der Waals surface area contributed by atoms with Crippen LogP contribution in [0.25, 0.3) is 0 Å². The number of ketones is 2. The second-order valence-electron chi connectivity index (χ2n) is 10.5. The van der Waals surface area contributed by atoms with Gasteiger partial charge in [-0.1, -0.05) is 6.42 Å². The van der Waals surface area contributed by atoms with Crippen molar-refractivity contribution in [2.24, 2.45) is 0 Å². The number of nitrogens with zero attached hydrogens (tertiary/aromatic N) is 1. The zero-order valence-corrected chi connectivity index (χ0v) is 23.2. The molecule has 0 unspecified atom stereocenters. The minimum absolute atomic E-state index is 0.284. The van der Waals surface area contributed by atoms with Gasteiger partial charge < -0.3 is 25.4 Å². The summed E-state index contributed by atoms with van der Waals surface area (Å²) in [6.07, 6.45) is 1.02. The maximum absolute atomic E-state index is 13.5. The van der Waals surface area contributed by atoms with Crippen molar-refractivity contribution in [2.45, 2.75) is 64.6 Å². The molecule has 2 amide bonds. The van der Waals surface area contributed by atoms with E-state index in [9.17, 15) is 29.4 Å². The molecule has 0 spiro atoms. The Labute approximate surface area is 228 Å². The van der Waals surface area contributed by atoms with Crippen LogP contribution in [-0.2, 0) is 4.74 Å². The first-order valence-electron chi connectivity index (χ1n) is 12.8. The van der Waals surface area contributed by atoms with Gasteiger partial charge in [-0.3, -0.25) is 9.59 Å². The van der Waals surface area contributed by atoms with Crippen LogP contribution in [0.1, 0.15) is 74.1 Å². The molecule has 0 aromatic heterocycles. The summed E-state index contributed by atoms with van der Waals surface area (Å²) in [6, 6.07) is 12.8. The van der Waals surface area contributed by atoms with Gasteiger partial charge in [-0.15, -0.1) is 0 Å². The molecule has 0 aliphatic carbocycles. The largest absolute Gasteiger partial charge is 0.526 e. The molecular formula is C29H39N2O8+. The van der Waals surface area contributed by atoms with Crippen molar-refractivity contribution in [2.75, 3.05) is 20.2 Å². The summed E-state index contributed by atoms with van der Waals surface area (Å²) >= 11 is 0. The molecule has 212 valence electrons. The monoisotopic (exact) mass is 543 g/mol. The molecule has 0 bridgehead atoms. The van der Waals surface area contributed by atoms with Crippen LogP contribution >= 0.6 is 0 Å². The smallest absolute Gasteiger partial charge is 0.465 e. The first-order chi connectivity index (χ1) is 18.1. The van der Waals surface area contributed by atoms with Gasteiger partial charge in [-0.05, 0) is 71.2 Å². The quantitative estimate of drug-likeness (QED) is 0.159. The first-order valence-corrected chi connectivity index (χ1v) is 12.8. The molecule has 2 aromatic rings. The number of unbranched alkanes of at least 4 members (excludes halogenated alkanes) is 3. The van der Waals surface area contributed by atoms with E-state index in [0.717, 1.165) is 6.42 Å². The topological polar surface area (TPSA) is 150 Å². The molecule has 0 aliphatic heterocycles. The number of hydrogen-bond acceptors (Lipinski definition) is 7. The molecule has 0 saturated carbocycles. The zero-order chi connectivity index (χ0) is 29.4. The van der Waals surface area contributed by atoms with Crippen LogP contribution < -0.4 is 9.80 Å². The fraction of sp³-hybridized carbons (Fsp3) is 0.448. The van der Waals surface area contributed by atoms with Crippen LogP contribution in [0.2, 0.25) is 0 Å². The molecule has 10 nitrogen and oxygen atoms in total. The van der Waals surface area contributed by atoms with Gasteiger partial charge in [-0.2, -0.15) is 9.28 Å². The number of ether oxygens (including phenoxy) is 1. The molecule has 0 heterocycles. The van der Waals surface area contributed by atoms with Crippen LogP contribution in [0.15, 0.2) is 48.5 Å². The van der Waals surface area contributed by atoms with Crippen molar-refractivity contribution >= 4 is 35.1 Å². The Kier molecular flexibility index (Phi) is 10.5. The Morgan fingerprint density at radius 1 is 0.744 bits per heavy atom. The van der Waals surface area contributed by atoms with Gasteiger partial charge in [0.25, 0.3) is 0 Å². The zero-order valence-electron chi connectivity index (χ0n) is 23.2. The average Bonchev–Trinajstić information content (AvgIpc) is 2.88. The van der Waals surface area contributed by atoms with E-state index in [1.54, 1.807) is 48.5 Å². The molecule has 2 rings (SSSR count). The van der Waals surface area contributed by atoms with Gasteiger partial charge in [0.1, 0.15) is 22.6 Å². The van der Waals surface area contributed by atoms with E-state index in [1.807, 2.05) is 0 Å². The van der Waals surface area contributed by atoms with Gasteiger partial charge in [-0.25, -0.2) is 4.79 Å². The fourth-order valence-corrected chi connectivity index (χ4v) is 4.33. The second-order valence-corrected chi connectivity index (χ2v) is 10.5. The van der Waals surface area contributed by atoms with Gasteiger partial charge in [0.05, 0.1) is 13.7 Å². The van der Waals surface area contributed by atoms with Crippen molar-refractivity contribution in [1.82, 2.24) is 9.80 Å². The van der Waals surface area contributed by atoms with Crippen LogP contribution in [0, 0.1) is 0 Å². The molecule has 2 aromatic carbocycles. The summed E-state index contributed by atoms with van der Waals surface area (Å²) in [4.78, 5) is 49.3. The number of quaternary nitrogens is 1. The number of amides is 2. The van der Waals surface area contributed by atoms with Gasteiger partial charge >= 0.3 is 12.2 Å². The van der Waals surface area contributed by atoms with Gasteiger partial charge in [0.2, 0.25) is 0 Å². The Morgan fingerprint density at radius 3 is 1.51 bits per heavy atom. The highest BCUT2D eigenvalue weighted by Gasteiger charge is 2.43. The number of carboxylic acid groups (broad SMARTS) is 1. The molecule has 4 N–H and O–H groups in total. The maximum atomic E-state index is 13.5. The summed E-state index contributed by atoms with van der Waals surface area (Å²) in [5.41, 5.74) is -1.52. The molecule has 39 heavy (non-hydrogen) atoms. The number of benzene rings is 2. The van der Waals surface area contributed by atoms with Crippen LogP contribution in [0.5, 0.6) is 0 Å². The Bertz CT molecular complexity index is 1090. The molecule has 0 radical (unpaired) electrons. The van der Waals surface area contributed by atoms with Crippen molar-refractivity contribution < 1.29 is 39.2 Å². The number of carbonyl (C=O) groups excluding carboxylic acids is 3. The highest BCUT2D eigenvalue weighted by molar-refractivity contribution is 6.03. The molecule has 0 saturated heterocycles. The lowest BCUT2D eigenvalue weighted by Gasteiger charge is -2.33. The fourth-order valence-electron chi connectivity index (χ4n) is 4.33. The molecule has 0 fully saturated rings. The summed E-state index contributed by atoms with van der Waals surface area (Å²) < 4.78 is 4.89. The van der Waals surface area contributed by atoms with Crippen LogP contribution in [0.4, 0.5) is 21.0 Å². The summed E-state index contributed by atoms with van der Waals surface area (Å²) in [6.45, 7) is 6.23.